The minimum Gasteiger partial charge on any atom is -0.493 e. The van der Waals surface area contributed by atoms with E-state index in [1.54, 1.807) is 24.3 Å². The molecule has 2 aromatic carbocycles. The second-order valence-corrected chi connectivity index (χ2v) is 6.20. The average Bonchev–Trinajstić information content (AvgIpc) is 2.71. The van der Waals surface area contributed by atoms with Crippen LogP contribution >= 0.6 is 11.6 Å². The van der Waals surface area contributed by atoms with E-state index < -0.39 is 0 Å². The molecule has 28 heavy (non-hydrogen) atoms. The van der Waals surface area contributed by atoms with Gasteiger partial charge in [-0.15, -0.1) is 0 Å². The molecule has 2 aromatic rings. The minimum absolute atomic E-state index is 0.00394. The van der Waals surface area contributed by atoms with E-state index in [1.807, 2.05) is 0 Å². The maximum Gasteiger partial charge on any atom is 0.243 e. The molecule has 0 radical (unpaired) electrons. The maximum atomic E-state index is 12.4. The Hall–Kier alpha value is -3.00. The summed E-state index contributed by atoms with van der Waals surface area (Å²) >= 11 is 6.24. The Morgan fingerprint density at radius 3 is 2.18 bits per heavy atom. The minimum atomic E-state index is -0.278. The van der Waals surface area contributed by atoms with Crippen LogP contribution < -0.4 is 34.3 Å². The van der Waals surface area contributed by atoms with Crippen LogP contribution in [0, 0.1) is 0 Å². The zero-order valence-corrected chi connectivity index (χ0v) is 16.5. The monoisotopic (exact) mass is 408 g/mol. The molecule has 0 bridgehead atoms. The summed E-state index contributed by atoms with van der Waals surface area (Å²) in [5.41, 5.74) is 1.08. The lowest BCUT2D eigenvalue weighted by atomic mass is 10.2. The molecule has 0 unspecified atom stereocenters. The molecule has 1 aliphatic rings. The topological polar surface area (TPSA) is 87.3 Å². The molecule has 150 valence electrons. The standard InChI is InChI=1S/C19H21ClN2O6/c1-24-16-6-11(7-17(25-2)19(16)26-3)22-18(23)10-21-13-9-15-14(8-12(13)20)27-4-5-28-15/h6-9,21H,4-5,10H2,1-3H3,(H,22,23). The van der Waals surface area contributed by atoms with Crippen LogP contribution in [0.25, 0.3) is 0 Å². The fourth-order valence-corrected chi connectivity index (χ4v) is 2.95. The van der Waals surface area contributed by atoms with Crippen molar-refractivity contribution in [3.63, 3.8) is 0 Å². The summed E-state index contributed by atoms with van der Waals surface area (Å²) in [6, 6.07) is 6.67. The molecule has 1 amide bonds. The molecule has 0 fully saturated rings. The first-order valence-electron chi connectivity index (χ1n) is 8.48. The summed E-state index contributed by atoms with van der Waals surface area (Å²) in [5.74, 6) is 2.23. The van der Waals surface area contributed by atoms with Crippen LogP contribution in [0.15, 0.2) is 24.3 Å². The fraction of sp³-hybridized carbons (Fsp3) is 0.316. The summed E-state index contributed by atoms with van der Waals surface area (Å²) in [7, 11) is 4.53. The Bertz CT molecular complexity index is 849. The van der Waals surface area contributed by atoms with E-state index in [2.05, 4.69) is 10.6 Å². The smallest absolute Gasteiger partial charge is 0.243 e. The Balaban J connectivity index is 1.68. The van der Waals surface area contributed by atoms with E-state index in [-0.39, 0.29) is 12.5 Å². The van der Waals surface area contributed by atoms with Crippen LogP contribution in [0.1, 0.15) is 0 Å². The Kier molecular flexibility index (Phi) is 6.20. The van der Waals surface area contributed by atoms with Crippen LogP contribution in [0.4, 0.5) is 11.4 Å². The molecule has 1 aliphatic heterocycles. The number of methoxy groups -OCH3 is 3. The van der Waals surface area contributed by atoms with E-state index >= 15 is 0 Å². The highest BCUT2D eigenvalue weighted by molar-refractivity contribution is 6.33. The quantitative estimate of drug-likeness (QED) is 0.727. The first-order valence-corrected chi connectivity index (χ1v) is 8.86. The SMILES string of the molecule is COc1cc(NC(=O)CNc2cc3c(cc2Cl)OCCO3)cc(OC)c1OC. The number of nitrogens with one attached hydrogen (secondary N) is 2. The van der Waals surface area contributed by atoms with Gasteiger partial charge in [-0.25, -0.2) is 0 Å². The number of amides is 1. The van der Waals surface area contributed by atoms with Gasteiger partial charge in [0.2, 0.25) is 11.7 Å². The van der Waals surface area contributed by atoms with Crippen molar-refractivity contribution < 1.29 is 28.5 Å². The number of hydrogen-bond acceptors (Lipinski definition) is 7. The molecule has 2 N–H and O–H groups in total. The van der Waals surface area contributed by atoms with Crippen molar-refractivity contribution in [1.29, 1.82) is 0 Å². The summed E-state index contributed by atoms with van der Waals surface area (Å²) in [6.07, 6.45) is 0. The molecule has 8 nitrogen and oxygen atoms in total. The van der Waals surface area contributed by atoms with Crippen molar-refractivity contribution in [3.8, 4) is 28.7 Å². The lowest BCUT2D eigenvalue weighted by molar-refractivity contribution is -0.114. The number of benzene rings is 2. The van der Waals surface area contributed by atoms with Crippen LogP contribution in [0.3, 0.4) is 0 Å². The van der Waals surface area contributed by atoms with Gasteiger partial charge in [-0.1, -0.05) is 11.6 Å². The number of carbonyl (C=O) groups is 1. The van der Waals surface area contributed by atoms with Crippen molar-refractivity contribution in [2.24, 2.45) is 0 Å². The molecule has 0 spiro atoms. The third kappa shape index (κ3) is 4.28. The Morgan fingerprint density at radius 1 is 1.00 bits per heavy atom. The number of hydrogen-bond donors (Lipinski definition) is 2. The fourth-order valence-electron chi connectivity index (χ4n) is 2.73. The molecule has 1 heterocycles. The number of halogens is 1. The molecule has 0 aromatic heterocycles. The van der Waals surface area contributed by atoms with E-state index in [9.17, 15) is 4.79 Å². The van der Waals surface area contributed by atoms with Gasteiger partial charge in [-0.3, -0.25) is 4.79 Å². The van der Waals surface area contributed by atoms with Crippen molar-refractivity contribution in [2.75, 3.05) is 51.7 Å². The molecule has 9 heteroatoms. The second kappa shape index (κ2) is 8.79. The lowest BCUT2D eigenvalue weighted by Gasteiger charge is -2.20. The van der Waals surface area contributed by atoms with Gasteiger partial charge in [0.1, 0.15) is 13.2 Å². The third-order valence-corrected chi connectivity index (χ3v) is 4.33. The zero-order chi connectivity index (χ0) is 20.1. The van der Waals surface area contributed by atoms with E-state index in [0.717, 1.165) is 0 Å². The number of anilines is 2. The maximum absolute atomic E-state index is 12.4. The third-order valence-electron chi connectivity index (χ3n) is 4.02. The molecular formula is C19H21ClN2O6. The van der Waals surface area contributed by atoms with Crippen molar-refractivity contribution >= 4 is 28.9 Å². The first-order chi connectivity index (χ1) is 13.5. The molecule has 0 atom stereocenters. The van der Waals surface area contributed by atoms with Crippen molar-refractivity contribution in [3.05, 3.63) is 29.3 Å². The van der Waals surface area contributed by atoms with Gasteiger partial charge in [-0.05, 0) is 0 Å². The van der Waals surface area contributed by atoms with Gasteiger partial charge in [0, 0.05) is 30.0 Å². The van der Waals surface area contributed by atoms with Gasteiger partial charge in [0.15, 0.2) is 23.0 Å². The summed E-state index contributed by atoms with van der Waals surface area (Å²) in [4.78, 5) is 12.4. The van der Waals surface area contributed by atoms with E-state index in [0.29, 0.717) is 58.4 Å². The largest absolute Gasteiger partial charge is 0.493 e. The Labute approximate surface area is 167 Å². The first kappa shape index (κ1) is 19.8. The number of ether oxygens (including phenoxy) is 5. The van der Waals surface area contributed by atoms with Crippen LogP contribution in [0.5, 0.6) is 28.7 Å². The predicted octanol–water partition coefficient (Wildman–Crippen LogP) is 3.19. The highest BCUT2D eigenvalue weighted by Crippen LogP contribution is 2.40. The molecule has 3 rings (SSSR count). The molecule has 0 aliphatic carbocycles. The number of fused-ring (bicyclic) bond motifs is 1. The van der Waals surface area contributed by atoms with E-state index in [4.69, 9.17) is 35.3 Å². The highest BCUT2D eigenvalue weighted by Gasteiger charge is 2.17. The van der Waals surface area contributed by atoms with Crippen LogP contribution in [0.2, 0.25) is 5.02 Å². The summed E-state index contributed by atoms with van der Waals surface area (Å²) in [5, 5.41) is 6.21. The Morgan fingerprint density at radius 2 is 1.61 bits per heavy atom. The summed E-state index contributed by atoms with van der Waals surface area (Å²) in [6.45, 7) is 0.943. The van der Waals surface area contributed by atoms with Gasteiger partial charge < -0.3 is 34.3 Å². The van der Waals surface area contributed by atoms with Crippen LogP contribution in [-0.2, 0) is 4.79 Å². The van der Waals surface area contributed by atoms with Crippen molar-refractivity contribution in [1.82, 2.24) is 0 Å². The summed E-state index contributed by atoms with van der Waals surface area (Å²) < 4.78 is 26.8. The molecular weight excluding hydrogens is 388 g/mol. The zero-order valence-electron chi connectivity index (χ0n) is 15.8. The average molecular weight is 409 g/mol. The van der Waals surface area contributed by atoms with Gasteiger partial charge >= 0.3 is 0 Å². The van der Waals surface area contributed by atoms with Gasteiger partial charge in [0.05, 0.1) is 38.6 Å². The number of rotatable bonds is 7. The lowest BCUT2D eigenvalue weighted by Crippen LogP contribution is -2.22. The second-order valence-electron chi connectivity index (χ2n) is 5.79. The molecule has 0 saturated heterocycles. The number of carbonyl (C=O) groups excluding carboxylic acids is 1. The van der Waals surface area contributed by atoms with E-state index in [1.165, 1.54) is 21.3 Å². The van der Waals surface area contributed by atoms with Gasteiger partial charge in [-0.2, -0.15) is 0 Å². The van der Waals surface area contributed by atoms with Gasteiger partial charge in [0.25, 0.3) is 0 Å². The predicted molar refractivity (Wildman–Crippen MR) is 106 cm³/mol. The van der Waals surface area contributed by atoms with Crippen LogP contribution in [-0.4, -0.2) is 47.0 Å². The van der Waals surface area contributed by atoms with Crippen molar-refractivity contribution in [2.45, 2.75) is 0 Å². The normalized spacial score (nSPS) is 12.1. The molecule has 0 saturated carbocycles. The highest BCUT2D eigenvalue weighted by atomic mass is 35.5.